The lowest BCUT2D eigenvalue weighted by Gasteiger charge is -2.07. The lowest BCUT2D eigenvalue weighted by atomic mass is 10.1. The van der Waals surface area contributed by atoms with Crippen molar-refractivity contribution >= 4 is 33.4 Å². The Morgan fingerprint density at radius 3 is 2.29 bits per heavy atom. The van der Waals surface area contributed by atoms with E-state index in [1.54, 1.807) is 31.2 Å². The minimum Gasteiger partial charge on any atom is -0.507 e. The third-order valence-corrected chi connectivity index (χ3v) is 4.47. The van der Waals surface area contributed by atoms with Gasteiger partial charge in [-0.15, -0.1) is 0 Å². The van der Waals surface area contributed by atoms with Crippen molar-refractivity contribution in [2.24, 2.45) is 5.10 Å². The molecule has 1 amide bonds. The molecule has 0 fully saturated rings. The summed E-state index contributed by atoms with van der Waals surface area (Å²) in [7, 11) is 0. The van der Waals surface area contributed by atoms with Gasteiger partial charge < -0.3 is 9.52 Å². The molecule has 1 heterocycles. The van der Waals surface area contributed by atoms with E-state index in [4.69, 9.17) is 4.42 Å². The summed E-state index contributed by atoms with van der Waals surface area (Å²) in [5.74, 6) is -0.720. The third kappa shape index (κ3) is 3.23. The summed E-state index contributed by atoms with van der Waals surface area (Å²) in [4.78, 5) is 24.7. The summed E-state index contributed by atoms with van der Waals surface area (Å²) < 4.78 is 5.28. The zero-order valence-corrected chi connectivity index (χ0v) is 15.0. The van der Waals surface area contributed by atoms with E-state index >= 15 is 0 Å². The first-order chi connectivity index (χ1) is 13.5. The Bertz CT molecular complexity index is 1300. The Hall–Kier alpha value is -3.93. The topological polar surface area (TPSA) is 91.9 Å². The number of phenols is 1. The van der Waals surface area contributed by atoms with Gasteiger partial charge in [0.05, 0.1) is 16.8 Å². The van der Waals surface area contributed by atoms with Crippen molar-refractivity contribution in [1.29, 1.82) is 0 Å². The molecular weight excluding hydrogens is 356 g/mol. The van der Waals surface area contributed by atoms with Crippen molar-refractivity contribution in [3.63, 3.8) is 0 Å². The molecule has 6 nitrogen and oxygen atoms in total. The van der Waals surface area contributed by atoms with Gasteiger partial charge in [0.1, 0.15) is 11.3 Å². The van der Waals surface area contributed by atoms with Crippen molar-refractivity contribution in [3.05, 3.63) is 88.3 Å². The first-order valence-electron chi connectivity index (χ1n) is 8.62. The lowest BCUT2D eigenvalue weighted by molar-refractivity contribution is 0.0952. The molecule has 138 valence electrons. The lowest BCUT2D eigenvalue weighted by Crippen LogP contribution is -2.21. The highest BCUT2D eigenvalue weighted by Gasteiger charge is 2.13. The molecule has 0 radical (unpaired) electrons. The predicted octanol–water partition coefficient (Wildman–Crippen LogP) is 3.81. The van der Waals surface area contributed by atoms with Crippen LogP contribution in [0, 0.1) is 0 Å². The molecule has 0 aliphatic carbocycles. The monoisotopic (exact) mass is 372 g/mol. The number of carbonyl (C=O) groups is 1. The number of hydrazone groups is 1. The summed E-state index contributed by atoms with van der Waals surface area (Å²) in [5, 5.41) is 16.6. The number of rotatable bonds is 3. The molecule has 3 aromatic carbocycles. The summed E-state index contributed by atoms with van der Waals surface area (Å²) >= 11 is 0. The largest absolute Gasteiger partial charge is 0.507 e. The molecule has 2 N–H and O–H groups in total. The first-order valence-corrected chi connectivity index (χ1v) is 8.62. The summed E-state index contributed by atoms with van der Waals surface area (Å²) in [6, 6.07) is 19.3. The van der Waals surface area contributed by atoms with Gasteiger partial charge in [0.15, 0.2) is 0 Å². The van der Waals surface area contributed by atoms with Gasteiger partial charge in [-0.05, 0) is 42.0 Å². The van der Waals surface area contributed by atoms with Crippen LogP contribution in [0.25, 0.3) is 21.7 Å². The molecule has 0 aliphatic heterocycles. The molecule has 0 atom stereocenters. The summed E-state index contributed by atoms with van der Waals surface area (Å²) in [6.45, 7) is 1.60. The minimum absolute atomic E-state index is 0.0980. The minimum atomic E-state index is -0.576. The zero-order chi connectivity index (χ0) is 19.7. The molecule has 0 saturated heterocycles. The third-order valence-electron chi connectivity index (χ3n) is 4.47. The van der Waals surface area contributed by atoms with E-state index in [2.05, 4.69) is 10.5 Å². The van der Waals surface area contributed by atoms with E-state index in [0.29, 0.717) is 11.3 Å². The molecule has 0 saturated carbocycles. The van der Waals surface area contributed by atoms with E-state index in [0.717, 1.165) is 16.2 Å². The normalized spacial score (nSPS) is 11.7. The van der Waals surface area contributed by atoms with Crippen molar-refractivity contribution in [1.82, 2.24) is 5.43 Å². The molecule has 1 aromatic heterocycles. The van der Waals surface area contributed by atoms with Crippen molar-refractivity contribution in [2.45, 2.75) is 6.92 Å². The number of benzene rings is 3. The quantitative estimate of drug-likeness (QED) is 0.325. The smallest absolute Gasteiger partial charge is 0.345 e. The van der Waals surface area contributed by atoms with Gasteiger partial charge in [-0.2, -0.15) is 5.10 Å². The maximum atomic E-state index is 12.5. The first kappa shape index (κ1) is 17.5. The van der Waals surface area contributed by atoms with Crippen molar-refractivity contribution < 1.29 is 14.3 Å². The van der Waals surface area contributed by atoms with Gasteiger partial charge in [-0.3, -0.25) is 4.79 Å². The van der Waals surface area contributed by atoms with E-state index in [1.165, 1.54) is 6.07 Å². The number of hydrogen-bond donors (Lipinski definition) is 2. The van der Waals surface area contributed by atoms with Gasteiger partial charge in [0.2, 0.25) is 0 Å². The van der Waals surface area contributed by atoms with E-state index < -0.39 is 11.5 Å². The van der Waals surface area contributed by atoms with Gasteiger partial charge in [0.25, 0.3) is 5.91 Å². The van der Waals surface area contributed by atoms with Crippen LogP contribution < -0.4 is 11.1 Å². The number of phenolic OH excluding ortho intramolecular Hbond substituents is 1. The zero-order valence-electron chi connectivity index (χ0n) is 15.0. The van der Waals surface area contributed by atoms with Crippen molar-refractivity contribution in [3.8, 4) is 5.75 Å². The fourth-order valence-corrected chi connectivity index (χ4v) is 2.98. The molecule has 28 heavy (non-hydrogen) atoms. The number of amides is 1. The molecule has 0 aliphatic rings. The average molecular weight is 372 g/mol. The van der Waals surface area contributed by atoms with Crippen LogP contribution in [0.5, 0.6) is 5.75 Å². The Kier molecular flexibility index (Phi) is 4.37. The highest BCUT2D eigenvalue weighted by atomic mass is 16.4. The Morgan fingerprint density at radius 2 is 1.54 bits per heavy atom. The molecule has 4 rings (SSSR count). The Labute approximate surface area is 159 Å². The fraction of sp³-hybridized carbons (Fsp3) is 0.0455. The maximum absolute atomic E-state index is 12.5. The SMILES string of the molecule is C/C(=N/NC(=O)c1cc2ccccc2cc1O)c1cc2ccccc2oc1=O. The maximum Gasteiger partial charge on any atom is 0.345 e. The van der Waals surface area contributed by atoms with Crippen LogP contribution in [0.15, 0.2) is 81.0 Å². The molecule has 0 spiro atoms. The van der Waals surface area contributed by atoms with Crippen LogP contribution in [0.4, 0.5) is 0 Å². The fourth-order valence-electron chi connectivity index (χ4n) is 2.98. The number of nitrogens with zero attached hydrogens (tertiary/aromatic N) is 1. The summed E-state index contributed by atoms with van der Waals surface area (Å²) in [6.07, 6.45) is 0. The van der Waals surface area contributed by atoms with E-state index in [-0.39, 0.29) is 16.9 Å². The van der Waals surface area contributed by atoms with Crippen LogP contribution in [0.1, 0.15) is 22.8 Å². The molecule has 6 heteroatoms. The van der Waals surface area contributed by atoms with Crippen LogP contribution in [-0.2, 0) is 0 Å². The van der Waals surface area contributed by atoms with E-state index in [1.807, 2.05) is 36.4 Å². The van der Waals surface area contributed by atoms with Gasteiger partial charge in [0, 0.05) is 5.39 Å². The second-order valence-corrected chi connectivity index (χ2v) is 6.34. The molecule has 0 unspecified atom stereocenters. The Morgan fingerprint density at radius 1 is 0.929 bits per heavy atom. The Balaban J connectivity index is 1.64. The highest BCUT2D eigenvalue weighted by Crippen LogP contribution is 2.24. The average Bonchev–Trinajstić information content (AvgIpc) is 2.70. The number of fused-ring (bicyclic) bond motifs is 2. The molecule has 4 aromatic rings. The van der Waals surface area contributed by atoms with Crippen LogP contribution in [0.2, 0.25) is 0 Å². The van der Waals surface area contributed by atoms with E-state index in [9.17, 15) is 14.7 Å². The number of aromatic hydroxyl groups is 1. The van der Waals surface area contributed by atoms with Crippen LogP contribution in [-0.4, -0.2) is 16.7 Å². The second-order valence-electron chi connectivity index (χ2n) is 6.34. The van der Waals surface area contributed by atoms with Gasteiger partial charge in [-0.25, -0.2) is 10.2 Å². The molecular formula is C22H16N2O4. The van der Waals surface area contributed by atoms with Crippen molar-refractivity contribution in [2.75, 3.05) is 0 Å². The van der Waals surface area contributed by atoms with Crippen LogP contribution >= 0.6 is 0 Å². The highest BCUT2D eigenvalue weighted by molar-refractivity contribution is 6.04. The number of para-hydroxylation sites is 1. The standard InChI is InChI=1S/C22H16N2O4/c1-13(17-11-16-8-4-5-9-20(16)28-22(17)27)23-24-21(26)18-10-14-6-2-3-7-15(14)12-19(18)25/h2-12,25H,1H3,(H,24,26)/b23-13-. The predicted molar refractivity (Wildman–Crippen MR) is 108 cm³/mol. The number of carbonyl (C=O) groups excluding carboxylic acids is 1. The molecule has 0 bridgehead atoms. The number of hydrogen-bond acceptors (Lipinski definition) is 5. The summed E-state index contributed by atoms with van der Waals surface area (Å²) in [5.41, 5.74) is 2.98. The second kappa shape index (κ2) is 7.00. The number of nitrogens with one attached hydrogen (secondary N) is 1. The van der Waals surface area contributed by atoms with Gasteiger partial charge >= 0.3 is 5.63 Å². The van der Waals surface area contributed by atoms with Crippen LogP contribution in [0.3, 0.4) is 0 Å². The van der Waals surface area contributed by atoms with Gasteiger partial charge in [-0.1, -0.05) is 42.5 Å².